The predicted molar refractivity (Wildman–Crippen MR) is 80.6 cm³/mol. The molecule has 6 nitrogen and oxygen atoms in total. The monoisotopic (exact) mass is 313 g/mol. The van der Waals surface area contributed by atoms with Crippen LogP contribution in [-0.4, -0.2) is 23.2 Å². The van der Waals surface area contributed by atoms with Gasteiger partial charge < -0.3 is 14.5 Å². The highest BCUT2D eigenvalue weighted by molar-refractivity contribution is 6.01. The van der Waals surface area contributed by atoms with Crippen molar-refractivity contribution in [3.8, 4) is 17.2 Å². The molecule has 7 heteroatoms. The first-order valence-corrected chi connectivity index (χ1v) is 6.71. The zero-order chi connectivity index (χ0) is 16.2. The van der Waals surface area contributed by atoms with Crippen molar-refractivity contribution in [1.29, 1.82) is 0 Å². The first-order chi connectivity index (χ1) is 11.2. The van der Waals surface area contributed by atoms with E-state index in [1.54, 1.807) is 37.4 Å². The molecule has 0 saturated heterocycles. The third-order valence-corrected chi connectivity index (χ3v) is 3.08. The van der Waals surface area contributed by atoms with Gasteiger partial charge in [0.05, 0.1) is 12.8 Å². The molecular formula is C16H12FN3O3. The number of amides is 1. The average molecular weight is 313 g/mol. The quantitative estimate of drug-likeness (QED) is 0.800. The van der Waals surface area contributed by atoms with E-state index in [1.165, 1.54) is 18.2 Å². The molecule has 0 radical (unpaired) electrons. The molecule has 0 aliphatic carbocycles. The van der Waals surface area contributed by atoms with E-state index in [9.17, 15) is 9.18 Å². The number of aromatic nitrogens is 2. The molecule has 0 saturated carbocycles. The average Bonchev–Trinajstić information content (AvgIpc) is 3.07. The number of carbonyl (C=O) groups excluding carboxylic acids is 1. The van der Waals surface area contributed by atoms with Crippen molar-refractivity contribution in [1.82, 2.24) is 10.2 Å². The molecule has 0 atom stereocenters. The van der Waals surface area contributed by atoms with Crippen LogP contribution in [0.25, 0.3) is 11.5 Å². The molecule has 0 spiro atoms. The van der Waals surface area contributed by atoms with Gasteiger partial charge in [-0.15, -0.1) is 10.2 Å². The van der Waals surface area contributed by atoms with Crippen LogP contribution in [0.15, 0.2) is 52.9 Å². The summed E-state index contributed by atoms with van der Waals surface area (Å²) in [6.45, 7) is 0. The minimum absolute atomic E-state index is 0.0432. The van der Waals surface area contributed by atoms with Crippen LogP contribution in [0.1, 0.15) is 10.7 Å². The number of methoxy groups -OCH3 is 1. The molecule has 0 fully saturated rings. The van der Waals surface area contributed by atoms with Crippen molar-refractivity contribution in [3.05, 3.63) is 60.2 Å². The number of rotatable bonds is 4. The molecule has 1 heterocycles. The zero-order valence-corrected chi connectivity index (χ0v) is 12.1. The minimum Gasteiger partial charge on any atom is -0.497 e. The van der Waals surface area contributed by atoms with E-state index in [0.717, 1.165) is 0 Å². The Bertz CT molecular complexity index is 831. The van der Waals surface area contributed by atoms with Gasteiger partial charge in [0.2, 0.25) is 5.89 Å². The Hall–Kier alpha value is -3.22. The van der Waals surface area contributed by atoms with Gasteiger partial charge in [0, 0.05) is 5.56 Å². The third kappa shape index (κ3) is 3.18. The largest absolute Gasteiger partial charge is 0.497 e. The topological polar surface area (TPSA) is 77.2 Å². The van der Waals surface area contributed by atoms with E-state index in [1.807, 2.05) is 0 Å². The van der Waals surface area contributed by atoms with Crippen molar-refractivity contribution >= 4 is 11.6 Å². The number of anilines is 1. The van der Waals surface area contributed by atoms with Gasteiger partial charge in [-0.2, -0.15) is 0 Å². The highest BCUT2D eigenvalue weighted by atomic mass is 19.1. The van der Waals surface area contributed by atoms with E-state index in [-0.39, 0.29) is 17.5 Å². The molecular weight excluding hydrogens is 301 g/mol. The predicted octanol–water partition coefficient (Wildman–Crippen LogP) is 3.14. The van der Waals surface area contributed by atoms with E-state index in [0.29, 0.717) is 11.3 Å². The van der Waals surface area contributed by atoms with Gasteiger partial charge in [0.1, 0.15) is 11.6 Å². The summed E-state index contributed by atoms with van der Waals surface area (Å²) in [5, 5.41) is 9.87. The number of nitrogens with zero attached hydrogens (tertiary/aromatic N) is 2. The van der Waals surface area contributed by atoms with Crippen molar-refractivity contribution in [2.75, 3.05) is 12.4 Å². The van der Waals surface area contributed by atoms with Crippen LogP contribution in [-0.2, 0) is 0 Å². The van der Waals surface area contributed by atoms with Crippen molar-refractivity contribution in [2.45, 2.75) is 0 Å². The first-order valence-electron chi connectivity index (χ1n) is 6.71. The number of benzene rings is 2. The molecule has 0 bridgehead atoms. The van der Waals surface area contributed by atoms with E-state index in [4.69, 9.17) is 9.15 Å². The first kappa shape index (κ1) is 14.7. The van der Waals surface area contributed by atoms with Gasteiger partial charge in [-0.25, -0.2) is 4.39 Å². The number of carbonyl (C=O) groups is 1. The molecule has 3 rings (SSSR count). The lowest BCUT2D eigenvalue weighted by Gasteiger charge is -2.02. The second-order valence-corrected chi connectivity index (χ2v) is 4.57. The van der Waals surface area contributed by atoms with Gasteiger partial charge >= 0.3 is 11.8 Å². The van der Waals surface area contributed by atoms with Crippen LogP contribution in [0.4, 0.5) is 10.1 Å². The summed E-state index contributed by atoms with van der Waals surface area (Å²) >= 11 is 0. The summed E-state index contributed by atoms with van der Waals surface area (Å²) in [6, 6.07) is 12.7. The molecule has 3 aromatic rings. The highest BCUT2D eigenvalue weighted by Gasteiger charge is 2.17. The standard InChI is InChI=1S/C16H12FN3O3/c1-22-11-8-6-10(7-9-11)15-19-20-16(23-15)14(21)18-13-5-3-2-4-12(13)17/h2-9H,1H3,(H,18,21). The minimum atomic E-state index is -0.678. The van der Waals surface area contributed by atoms with Crippen molar-refractivity contribution in [3.63, 3.8) is 0 Å². The number of hydrogen-bond acceptors (Lipinski definition) is 5. The molecule has 0 aliphatic rings. The summed E-state index contributed by atoms with van der Waals surface area (Å²) in [6.07, 6.45) is 0. The Labute approximate surface area is 130 Å². The number of nitrogens with one attached hydrogen (secondary N) is 1. The molecule has 1 aromatic heterocycles. The summed E-state index contributed by atoms with van der Waals surface area (Å²) in [5.74, 6) is -0.603. The van der Waals surface area contributed by atoms with Gasteiger partial charge in [0.15, 0.2) is 0 Å². The molecule has 116 valence electrons. The number of ether oxygens (including phenoxy) is 1. The molecule has 0 aliphatic heterocycles. The third-order valence-electron chi connectivity index (χ3n) is 3.08. The fraction of sp³-hybridized carbons (Fsp3) is 0.0625. The Balaban J connectivity index is 1.78. The van der Waals surface area contributed by atoms with E-state index in [2.05, 4.69) is 15.5 Å². The Morgan fingerprint density at radius 1 is 1.13 bits per heavy atom. The summed E-state index contributed by atoms with van der Waals surface area (Å²) < 4.78 is 23.9. The zero-order valence-electron chi connectivity index (χ0n) is 12.1. The summed E-state index contributed by atoms with van der Waals surface area (Å²) in [5.41, 5.74) is 0.685. The molecule has 2 aromatic carbocycles. The smallest absolute Gasteiger partial charge is 0.313 e. The van der Waals surface area contributed by atoms with E-state index < -0.39 is 11.7 Å². The maximum Gasteiger partial charge on any atom is 0.313 e. The summed E-state index contributed by atoms with van der Waals surface area (Å²) in [4.78, 5) is 12.0. The van der Waals surface area contributed by atoms with Crippen molar-refractivity contribution < 1.29 is 18.3 Å². The number of halogens is 1. The van der Waals surface area contributed by atoms with Crippen LogP contribution in [0.3, 0.4) is 0 Å². The van der Waals surface area contributed by atoms with Gasteiger partial charge in [-0.1, -0.05) is 12.1 Å². The summed E-state index contributed by atoms with van der Waals surface area (Å²) in [7, 11) is 1.56. The lowest BCUT2D eigenvalue weighted by Crippen LogP contribution is -2.13. The molecule has 23 heavy (non-hydrogen) atoms. The van der Waals surface area contributed by atoms with Crippen LogP contribution < -0.4 is 10.1 Å². The molecule has 1 N–H and O–H groups in total. The fourth-order valence-electron chi connectivity index (χ4n) is 1.90. The van der Waals surface area contributed by atoms with Crippen LogP contribution in [0.2, 0.25) is 0 Å². The van der Waals surface area contributed by atoms with Gasteiger partial charge in [-0.05, 0) is 36.4 Å². The highest BCUT2D eigenvalue weighted by Crippen LogP contribution is 2.21. The number of hydrogen-bond donors (Lipinski definition) is 1. The number of para-hydroxylation sites is 1. The lowest BCUT2D eigenvalue weighted by atomic mass is 10.2. The van der Waals surface area contributed by atoms with Crippen molar-refractivity contribution in [2.24, 2.45) is 0 Å². The maximum atomic E-state index is 13.5. The fourth-order valence-corrected chi connectivity index (χ4v) is 1.90. The lowest BCUT2D eigenvalue weighted by molar-refractivity contribution is 0.0990. The van der Waals surface area contributed by atoms with Crippen LogP contribution in [0, 0.1) is 5.82 Å². The van der Waals surface area contributed by atoms with E-state index >= 15 is 0 Å². The Morgan fingerprint density at radius 3 is 2.57 bits per heavy atom. The van der Waals surface area contributed by atoms with Gasteiger partial charge in [-0.3, -0.25) is 4.79 Å². The van der Waals surface area contributed by atoms with Crippen LogP contribution >= 0.6 is 0 Å². The van der Waals surface area contributed by atoms with Gasteiger partial charge in [0.25, 0.3) is 0 Å². The molecule has 0 unspecified atom stereocenters. The SMILES string of the molecule is COc1ccc(-c2nnc(C(=O)Nc3ccccc3F)o2)cc1. The maximum absolute atomic E-state index is 13.5. The second-order valence-electron chi connectivity index (χ2n) is 4.57. The Kier molecular flexibility index (Phi) is 4.01. The Morgan fingerprint density at radius 2 is 1.87 bits per heavy atom. The molecule has 1 amide bonds. The normalized spacial score (nSPS) is 10.3. The van der Waals surface area contributed by atoms with Crippen LogP contribution in [0.5, 0.6) is 5.75 Å². The second kappa shape index (κ2) is 6.27.